The van der Waals surface area contributed by atoms with Gasteiger partial charge in [-0.1, -0.05) is 36.4 Å². The van der Waals surface area contributed by atoms with Crippen LogP contribution in [0.15, 0.2) is 42.5 Å². The molecule has 3 rings (SSSR count). The summed E-state index contributed by atoms with van der Waals surface area (Å²) in [5.41, 5.74) is 0. The summed E-state index contributed by atoms with van der Waals surface area (Å²) < 4.78 is 11.5. The van der Waals surface area contributed by atoms with Crippen molar-refractivity contribution in [3.63, 3.8) is 0 Å². The first-order chi connectivity index (χ1) is 9.43. The van der Waals surface area contributed by atoms with E-state index < -0.39 is 0 Å². The molecule has 1 unspecified atom stereocenters. The average molecular weight is 256 g/mol. The van der Waals surface area contributed by atoms with Crippen molar-refractivity contribution in [1.29, 1.82) is 0 Å². The molecule has 0 saturated carbocycles. The second-order valence-corrected chi connectivity index (χ2v) is 5.10. The number of fused-ring (bicyclic) bond motifs is 1. The standard InChI is InChI=1S/C17H20O2/c1-2-10-16-14(6-1)7-3-11-17(16)19-13-5-9-15-8-4-12-18-15/h1-3,6-7,10-11,15H,4-5,8-9,12-13H2. The van der Waals surface area contributed by atoms with E-state index in [0.29, 0.717) is 6.10 Å². The molecule has 1 aliphatic heterocycles. The zero-order valence-corrected chi connectivity index (χ0v) is 11.2. The fourth-order valence-corrected chi connectivity index (χ4v) is 2.69. The quantitative estimate of drug-likeness (QED) is 0.747. The molecule has 1 saturated heterocycles. The highest BCUT2D eigenvalue weighted by Gasteiger charge is 2.14. The van der Waals surface area contributed by atoms with E-state index in [0.717, 1.165) is 31.8 Å². The highest BCUT2D eigenvalue weighted by molar-refractivity contribution is 5.88. The van der Waals surface area contributed by atoms with Crippen LogP contribution in [-0.2, 0) is 4.74 Å². The fraction of sp³-hybridized carbons (Fsp3) is 0.412. The first kappa shape index (κ1) is 12.5. The van der Waals surface area contributed by atoms with Crippen LogP contribution in [0.1, 0.15) is 25.7 Å². The van der Waals surface area contributed by atoms with Gasteiger partial charge in [0.2, 0.25) is 0 Å². The van der Waals surface area contributed by atoms with Crippen molar-refractivity contribution in [1.82, 2.24) is 0 Å². The van der Waals surface area contributed by atoms with Gasteiger partial charge >= 0.3 is 0 Å². The summed E-state index contributed by atoms with van der Waals surface area (Å²) in [6.45, 7) is 1.71. The highest BCUT2D eigenvalue weighted by atomic mass is 16.5. The number of rotatable bonds is 5. The summed E-state index contributed by atoms with van der Waals surface area (Å²) in [7, 11) is 0. The third-order valence-corrected chi connectivity index (χ3v) is 3.70. The van der Waals surface area contributed by atoms with E-state index >= 15 is 0 Å². The minimum Gasteiger partial charge on any atom is -0.493 e. The summed E-state index contributed by atoms with van der Waals surface area (Å²) in [6, 6.07) is 14.6. The maximum absolute atomic E-state index is 5.92. The second kappa shape index (κ2) is 6.07. The average Bonchev–Trinajstić information content (AvgIpc) is 2.97. The van der Waals surface area contributed by atoms with Gasteiger partial charge in [-0.2, -0.15) is 0 Å². The molecular formula is C17H20O2. The van der Waals surface area contributed by atoms with Crippen LogP contribution < -0.4 is 4.74 Å². The third kappa shape index (κ3) is 3.07. The molecule has 2 nitrogen and oxygen atoms in total. The van der Waals surface area contributed by atoms with Crippen molar-refractivity contribution in [2.45, 2.75) is 31.8 Å². The molecule has 2 aromatic rings. The maximum atomic E-state index is 5.92. The Morgan fingerprint density at radius 3 is 2.89 bits per heavy atom. The van der Waals surface area contributed by atoms with Gasteiger partial charge in [-0.05, 0) is 37.1 Å². The molecule has 0 bridgehead atoms. The molecule has 2 aromatic carbocycles. The van der Waals surface area contributed by atoms with Gasteiger partial charge in [0.05, 0.1) is 12.7 Å². The lowest BCUT2D eigenvalue weighted by Gasteiger charge is -2.11. The van der Waals surface area contributed by atoms with Crippen LogP contribution in [0.25, 0.3) is 10.8 Å². The Hall–Kier alpha value is -1.54. The van der Waals surface area contributed by atoms with Gasteiger partial charge in [-0.25, -0.2) is 0 Å². The number of hydrogen-bond acceptors (Lipinski definition) is 2. The molecule has 1 aliphatic rings. The smallest absolute Gasteiger partial charge is 0.127 e. The molecule has 1 heterocycles. The Kier molecular flexibility index (Phi) is 3.99. The lowest BCUT2D eigenvalue weighted by Crippen LogP contribution is -2.07. The predicted octanol–water partition coefficient (Wildman–Crippen LogP) is 4.18. The molecule has 1 atom stereocenters. The van der Waals surface area contributed by atoms with Crippen molar-refractivity contribution < 1.29 is 9.47 Å². The first-order valence-electron chi connectivity index (χ1n) is 7.16. The summed E-state index contributed by atoms with van der Waals surface area (Å²) in [6.07, 6.45) is 5.08. The van der Waals surface area contributed by atoms with Gasteiger partial charge in [0, 0.05) is 12.0 Å². The number of benzene rings is 2. The molecule has 0 radical (unpaired) electrons. The molecule has 0 aromatic heterocycles. The third-order valence-electron chi connectivity index (χ3n) is 3.70. The zero-order valence-electron chi connectivity index (χ0n) is 11.2. The fourth-order valence-electron chi connectivity index (χ4n) is 2.69. The van der Waals surface area contributed by atoms with Crippen LogP contribution in [0, 0.1) is 0 Å². The minimum absolute atomic E-state index is 0.469. The summed E-state index contributed by atoms with van der Waals surface area (Å²) in [5.74, 6) is 0.991. The van der Waals surface area contributed by atoms with E-state index in [-0.39, 0.29) is 0 Å². The van der Waals surface area contributed by atoms with Gasteiger partial charge < -0.3 is 9.47 Å². The SMILES string of the molecule is c1ccc2c(OCCCC3CCCO3)cccc2c1. The second-order valence-electron chi connectivity index (χ2n) is 5.10. The molecule has 0 amide bonds. The minimum atomic E-state index is 0.469. The van der Waals surface area contributed by atoms with Crippen LogP contribution in [0.5, 0.6) is 5.75 Å². The molecule has 0 aliphatic carbocycles. The van der Waals surface area contributed by atoms with Gasteiger partial charge in [0.15, 0.2) is 0 Å². The van der Waals surface area contributed by atoms with Crippen LogP contribution in [0.2, 0.25) is 0 Å². The summed E-state index contributed by atoms with van der Waals surface area (Å²) in [5, 5.41) is 2.43. The molecular weight excluding hydrogens is 236 g/mol. The largest absolute Gasteiger partial charge is 0.493 e. The molecule has 1 fully saturated rings. The number of hydrogen-bond donors (Lipinski definition) is 0. The Labute approximate surface area is 114 Å². The van der Waals surface area contributed by atoms with E-state index in [2.05, 4.69) is 42.5 Å². The number of ether oxygens (including phenoxy) is 2. The van der Waals surface area contributed by atoms with Crippen LogP contribution in [0.4, 0.5) is 0 Å². The Balaban J connectivity index is 1.56. The van der Waals surface area contributed by atoms with Crippen molar-refractivity contribution in [3.8, 4) is 5.75 Å². The lowest BCUT2D eigenvalue weighted by atomic mass is 10.1. The molecule has 0 spiro atoms. The lowest BCUT2D eigenvalue weighted by molar-refractivity contribution is 0.0982. The topological polar surface area (TPSA) is 18.5 Å². The van der Waals surface area contributed by atoms with Crippen molar-refractivity contribution in [2.75, 3.05) is 13.2 Å². The monoisotopic (exact) mass is 256 g/mol. The van der Waals surface area contributed by atoms with Gasteiger partial charge in [0.1, 0.15) is 5.75 Å². The Morgan fingerprint density at radius 1 is 1.11 bits per heavy atom. The summed E-state index contributed by atoms with van der Waals surface area (Å²) in [4.78, 5) is 0. The van der Waals surface area contributed by atoms with E-state index in [1.807, 2.05) is 0 Å². The normalized spacial score (nSPS) is 18.8. The predicted molar refractivity (Wildman–Crippen MR) is 77.7 cm³/mol. The van der Waals surface area contributed by atoms with Crippen molar-refractivity contribution in [3.05, 3.63) is 42.5 Å². The van der Waals surface area contributed by atoms with Crippen molar-refractivity contribution in [2.24, 2.45) is 0 Å². The van der Waals surface area contributed by atoms with Crippen molar-refractivity contribution >= 4 is 10.8 Å². The first-order valence-corrected chi connectivity index (χ1v) is 7.16. The molecule has 2 heteroatoms. The van der Waals surface area contributed by atoms with E-state index in [4.69, 9.17) is 9.47 Å². The van der Waals surface area contributed by atoms with Gasteiger partial charge in [-0.3, -0.25) is 0 Å². The summed E-state index contributed by atoms with van der Waals surface area (Å²) >= 11 is 0. The molecule has 100 valence electrons. The van der Waals surface area contributed by atoms with Crippen LogP contribution in [0.3, 0.4) is 0 Å². The van der Waals surface area contributed by atoms with Crippen LogP contribution in [-0.4, -0.2) is 19.3 Å². The molecule has 19 heavy (non-hydrogen) atoms. The zero-order chi connectivity index (χ0) is 12.9. The van der Waals surface area contributed by atoms with Gasteiger partial charge in [-0.15, -0.1) is 0 Å². The van der Waals surface area contributed by atoms with Crippen LogP contribution >= 0.6 is 0 Å². The van der Waals surface area contributed by atoms with E-state index in [1.165, 1.54) is 23.6 Å². The Morgan fingerprint density at radius 2 is 2.00 bits per heavy atom. The highest BCUT2D eigenvalue weighted by Crippen LogP contribution is 2.25. The van der Waals surface area contributed by atoms with E-state index in [9.17, 15) is 0 Å². The van der Waals surface area contributed by atoms with E-state index in [1.54, 1.807) is 0 Å². The maximum Gasteiger partial charge on any atom is 0.127 e. The molecule has 0 N–H and O–H groups in total. The Bertz CT molecular complexity index is 524. The van der Waals surface area contributed by atoms with Gasteiger partial charge in [0.25, 0.3) is 0 Å².